The molecule has 0 fully saturated rings. The summed E-state index contributed by atoms with van der Waals surface area (Å²) in [5, 5.41) is 4.71. The van der Waals surface area contributed by atoms with E-state index in [-0.39, 0.29) is 6.04 Å². The van der Waals surface area contributed by atoms with Crippen molar-refractivity contribution in [3.05, 3.63) is 194 Å². The number of aromatic nitrogens is 5. The van der Waals surface area contributed by atoms with Crippen molar-refractivity contribution in [1.82, 2.24) is 24.1 Å². The number of hydrogen-bond donors (Lipinski definition) is 0. The first-order valence-corrected chi connectivity index (χ1v) is 19.5. The van der Waals surface area contributed by atoms with Crippen LogP contribution in [-0.2, 0) is 0 Å². The predicted octanol–water partition coefficient (Wildman–Crippen LogP) is 12.3. The fourth-order valence-electron chi connectivity index (χ4n) is 9.28. The highest BCUT2D eigenvalue weighted by molar-refractivity contribution is 6.11. The van der Waals surface area contributed by atoms with E-state index >= 15 is 0 Å². The quantitative estimate of drug-likeness (QED) is 0.177. The fraction of sp³-hybridized carbons (Fsp3) is 0.0392. The monoisotopic (exact) mass is 730 g/mol. The smallest absolute Gasteiger partial charge is 0.238 e. The Balaban J connectivity index is 1.22. The van der Waals surface area contributed by atoms with Gasteiger partial charge in [-0.1, -0.05) is 146 Å². The Morgan fingerprint density at radius 2 is 0.965 bits per heavy atom. The van der Waals surface area contributed by atoms with Gasteiger partial charge in [0.25, 0.3) is 0 Å². The van der Waals surface area contributed by atoms with Gasteiger partial charge in [0, 0.05) is 38.4 Å². The second kappa shape index (κ2) is 12.5. The largest absolute Gasteiger partial charge is 0.332 e. The van der Waals surface area contributed by atoms with Crippen LogP contribution in [0.2, 0.25) is 0 Å². The molecule has 0 amide bonds. The van der Waals surface area contributed by atoms with Gasteiger partial charge in [0.2, 0.25) is 5.95 Å². The average molecular weight is 731 g/mol. The molecular formula is C51H34N6. The third kappa shape index (κ3) is 4.74. The van der Waals surface area contributed by atoms with Crippen molar-refractivity contribution in [2.24, 2.45) is 0 Å². The molecule has 0 bridgehead atoms. The molecule has 3 aromatic heterocycles. The van der Waals surface area contributed by atoms with Crippen LogP contribution in [0.3, 0.4) is 0 Å². The van der Waals surface area contributed by atoms with Crippen molar-refractivity contribution in [3.8, 4) is 34.4 Å². The molecule has 2 aliphatic rings. The minimum absolute atomic E-state index is 0.117. The van der Waals surface area contributed by atoms with Crippen LogP contribution in [0.5, 0.6) is 0 Å². The van der Waals surface area contributed by atoms with E-state index in [9.17, 15) is 0 Å². The maximum atomic E-state index is 5.57. The van der Waals surface area contributed by atoms with E-state index in [2.05, 4.69) is 184 Å². The van der Waals surface area contributed by atoms with Crippen molar-refractivity contribution in [2.45, 2.75) is 12.5 Å². The van der Waals surface area contributed by atoms with Crippen molar-refractivity contribution in [2.75, 3.05) is 4.90 Å². The van der Waals surface area contributed by atoms with E-state index in [1.807, 2.05) is 18.2 Å². The third-order valence-corrected chi connectivity index (χ3v) is 11.7. The highest BCUT2D eigenvalue weighted by atomic mass is 15.2. The molecule has 0 saturated heterocycles. The number of fused-ring (bicyclic) bond motifs is 9. The number of allylic oxidation sites excluding steroid dienone is 2. The lowest BCUT2D eigenvalue weighted by atomic mass is 9.95. The second-order valence-corrected chi connectivity index (χ2v) is 14.7. The van der Waals surface area contributed by atoms with E-state index in [1.165, 1.54) is 27.6 Å². The number of benzene rings is 7. The predicted molar refractivity (Wildman–Crippen MR) is 233 cm³/mol. The summed E-state index contributed by atoms with van der Waals surface area (Å²) < 4.78 is 4.60. The number of anilines is 2. The van der Waals surface area contributed by atoms with Crippen LogP contribution >= 0.6 is 0 Å². The molecule has 0 radical (unpaired) electrons. The van der Waals surface area contributed by atoms with Crippen LogP contribution in [0.25, 0.3) is 83.6 Å². The summed E-state index contributed by atoms with van der Waals surface area (Å²) >= 11 is 0. The Labute approximate surface area is 328 Å². The van der Waals surface area contributed by atoms with Gasteiger partial charge in [0.1, 0.15) is 0 Å². The first-order valence-electron chi connectivity index (χ1n) is 19.5. The summed E-state index contributed by atoms with van der Waals surface area (Å²) in [4.78, 5) is 18.8. The van der Waals surface area contributed by atoms with Crippen LogP contribution < -0.4 is 4.90 Å². The topological polar surface area (TPSA) is 51.8 Å². The van der Waals surface area contributed by atoms with Gasteiger partial charge >= 0.3 is 0 Å². The maximum absolute atomic E-state index is 5.57. The summed E-state index contributed by atoms with van der Waals surface area (Å²) in [6.07, 6.45) is 7.64. The molecule has 0 saturated carbocycles. The van der Waals surface area contributed by atoms with Crippen molar-refractivity contribution in [3.63, 3.8) is 0 Å². The Morgan fingerprint density at radius 3 is 1.63 bits per heavy atom. The molecule has 1 aliphatic heterocycles. The van der Waals surface area contributed by atoms with Crippen molar-refractivity contribution in [1.29, 1.82) is 0 Å². The standard InChI is InChI=1S/C51H34N6/c1-2-17-33(18-3-1)49-52-50(54-51(53-49)57-44-29-14-8-23-38(44)39-24-9-15-30-45(39)57)48-46(55-40-25-10-4-19-34(40)35-20-5-11-26-41(35)55)31-16-32-47(48)56-42-27-12-6-21-36(42)37-22-7-13-28-43(37)56/h1-27,29-32,43H,28H2. The van der Waals surface area contributed by atoms with Gasteiger partial charge in [-0.15, -0.1) is 0 Å². The van der Waals surface area contributed by atoms with Crippen LogP contribution in [0.15, 0.2) is 188 Å². The van der Waals surface area contributed by atoms with Gasteiger partial charge in [-0.05, 0) is 54.5 Å². The van der Waals surface area contributed by atoms with Crippen LogP contribution in [0.4, 0.5) is 11.4 Å². The van der Waals surface area contributed by atoms with E-state index in [4.69, 9.17) is 15.0 Å². The Kier molecular flexibility index (Phi) is 6.95. The highest BCUT2D eigenvalue weighted by Gasteiger charge is 2.37. The molecule has 12 rings (SSSR count). The minimum Gasteiger partial charge on any atom is -0.332 e. The van der Waals surface area contributed by atoms with Gasteiger partial charge in [0.05, 0.1) is 45.0 Å². The van der Waals surface area contributed by atoms with Crippen molar-refractivity contribution < 1.29 is 0 Å². The Bertz CT molecular complexity index is 3190. The van der Waals surface area contributed by atoms with Crippen LogP contribution in [0, 0.1) is 0 Å². The summed E-state index contributed by atoms with van der Waals surface area (Å²) in [7, 11) is 0. The average Bonchev–Trinajstić information content (AvgIpc) is 3.92. The SMILES string of the molecule is C1=CCC2C(=C1)c1ccccc1N2c1cccc(-n2c3ccccc3c3ccccc32)c1-c1nc(-c2ccccc2)nc(-n2c3ccccc3c3ccccc32)n1. The Hall–Kier alpha value is -7.57. The molecule has 7 aromatic carbocycles. The van der Waals surface area contributed by atoms with Gasteiger partial charge in [-0.2, -0.15) is 9.97 Å². The first kappa shape index (κ1) is 31.7. The lowest BCUT2D eigenvalue weighted by Gasteiger charge is -2.31. The zero-order chi connectivity index (χ0) is 37.5. The third-order valence-electron chi connectivity index (χ3n) is 11.7. The molecule has 10 aromatic rings. The zero-order valence-electron chi connectivity index (χ0n) is 30.9. The molecule has 0 spiro atoms. The van der Waals surface area contributed by atoms with E-state index < -0.39 is 0 Å². The number of nitrogens with zero attached hydrogens (tertiary/aromatic N) is 6. The lowest BCUT2D eigenvalue weighted by molar-refractivity contribution is 0.828. The molecule has 6 heteroatoms. The normalized spacial score (nSPS) is 14.8. The molecule has 1 atom stereocenters. The number of para-hydroxylation sites is 5. The number of rotatable bonds is 5. The zero-order valence-corrected chi connectivity index (χ0v) is 30.9. The molecule has 4 heterocycles. The van der Waals surface area contributed by atoms with E-state index in [1.54, 1.807) is 0 Å². The molecule has 57 heavy (non-hydrogen) atoms. The molecule has 1 unspecified atom stereocenters. The highest BCUT2D eigenvalue weighted by Crippen LogP contribution is 2.51. The minimum atomic E-state index is 0.117. The van der Waals surface area contributed by atoms with Crippen LogP contribution in [-0.4, -0.2) is 30.1 Å². The fourth-order valence-corrected chi connectivity index (χ4v) is 9.28. The number of hydrogen-bond acceptors (Lipinski definition) is 4. The summed E-state index contributed by atoms with van der Waals surface area (Å²) in [5.41, 5.74) is 12.0. The van der Waals surface area contributed by atoms with E-state index in [0.717, 1.165) is 61.8 Å². The molecule has 1 aliphatic carbocycles. The maximum Gasteiger partial charge on any atom is 0.238 e. The molecular weight excluding hydrogens is 697 g/mol. The summed E-state index contributed by atoms with van der Waals surface area (Å²) in [6, 6.07) is 60.2. The van der Waals surface area contributed by atoms with Gasteiger partial charge < -0.3 is 9.47 Å². The molecule has 6 nitrogen and oxygen atoms in total. The summed E-state index contributed by atoms with van der Waals surface area (Å²) in [5.74, 6) is 1.79. The summed E-state index contributed by atoms with van der Waals surface area (Å²) in [6.45, 7) is 0. The first-order chi connectivity index (χ1) is 28.3. The molecule has 0 N–H and O–H groups in total. The van der Waals surface area contributed by atoms with Crippen LogP contribution in [0.1, 0.15) is 12.0 Å². The van der Waals surface area contributed by atoms with Crippen molar-refractivity contribution >= 4 is 60.6 Å². The van der Waals surface area contributed by atoms with Gasteiger partial charge in [0.15, 0.2) is 11.6 Å². The molecule has 268 valence electrons. The van der Waals surface area contributed by atoms with Gasteiger partial charge in [-0.3, -0.25) is 4.57 Å². The second-order valence-electron chi connectivity index (χ2n) is 14.7. The van der Waals surface area contributed by atoms with Gasteiger partial charge in [-0.25, -0.2) is 4.98 Å². The van der Waals surface area contributed by atoms with E-state index in [0.29, 0.717) is 17.6 Å². The lowest BCUT2D eigenvalue weighted by Crippen LogP contribution is -2.28. The Morgan fingerprint density at radius 1 is 0.439 bits per heavy atom.